The van der Waals surface area contributed by atoms with Gasteiger partial charge in [0.25, 0.3) is 5.91 Å². The number of nitrogens with zero attached hydrogens (tertiary/aromatic N) is 1. The Hall–Kier alpha value is -1.95. The zero-order valence-corrected chi connectivity index (χ0v) is 10.4. The Kier molecular flexibility index (Phi) is 4.59. The quantitative estimate of drug-likeness (QED) is 0.636. The fraction of sp³-hybridized carbons (Fsp3) is 0.357. The summed E-state index contributed by atoms with van der Waals surface area (Å²) in [6, 6.07) is 5.06. The monoisotopic (exact) mass is 230 g/mol. The predicted octanol–water partition coefficient (Wildman–Crippen LogP) is 2.12. The van der Waals surface area contributed by atoms with E-state index in [0.717, 1.165) is 19.4 Å². The van der Waals surface area contributed by atoms with Crippen LogP contribution in [0.15, 0.2) is 18.2 Å². The van der Waals surface area contributed by atoms with E-state index in [1.807, 2.05) is 0 Å². The summed E-state index contributed by atoms with van der Waals surface area (Å²) in [6.45, 7) is 2.85. The minimum atomic E-state index is -0.0197. The summed E-state index contributed by atoms with van der Waals surface area (Å²) >= 11 is 0. The molecule has 0 heterocycles. The lowest BCUT2D eigenvalue weighted by Gasteiger charge is -2.17. The first kappa shape index (κ1) is 13.1. The van der Waals surface area contributed by atoms with E-state index in [1.54, 1.807) is 30.1 Å². The molecule has 1 amide bonds. The number of benzene rings is 1. The van der Waals surface area contributed by atoms with Crippen LogP contribution in [0, 0.1) is 12.3 Å². The third-order valence-electron chi connectivity index (χ3n) is 2.65. The summed E-state index contributed by atoms with van der Waals surface area (Å²) in [7, 11) is 1.79. The smallest absolute Gasteiger partial charge is 0.253 e. The van der Waals surface area contributed by atoms with Crippen molar-refractivity contribution in [1.29, 1.82) is 0 Å². The zero-order chi connectivity index (χ0) is 12.8. The van der Waals surface area contributed by atoms with Crippen LogP contribution in [0.25, 0.3) is 0 Å². The fourth-order valence-electron chi connectivity index (χ4n) is 1.54. The standard InChI is InChI=1S/C14H18N2O/c1-4-6-9-16(3)14(17)12-8-7-11(5-2)13(15)10-12/h2,7-8,10H,4,6,9,15H2,1,3H3. The van der Waals surface area contributed by atoms with Crippen molar-refractivity contribution in [2.75, 3.05) is 19.3 Å². The van der Waals surface area contributed by atoms with Crippen molar-refractivity contribution < 1.29 is 4.79 Å². The molecule has 0 saturated heterocycles. The molecule has 0 aliphatic carbocycles. The highest BCUT2D eigenvalue weighted by molar-refractivity contribution is 5.95. The maximum atomic E-state index is 12.0. The molecule has 0 atom stereocenters. The van der Waals surface area contributed by atoms with Gasteiger partial charge in [-0.1, -0.05) is 19.3 Å². The van der Waals surface area contributed by atoms with Crippen LogP contribution < -0.4 is 5.73 Å². The lowest BCUT2D eigenvalue weighted by molar-refractivity contribution is 0.0793. The summed E-state index contributed by atoms with van der Waals surface area (Å²) in [4.78, 5) is 13.7. The third-order valence-corrected chi connectivity index (χ3v) is 2.65. The lowest BCUT2D eigenvalue weighted by atomic mass is 10.1. The molecule has 17 heavy (non-hydrogen) atoms. The Labute approximate surface area is 103 Å². The van der Waals surface area contributed by atoms with Gasteiger partial charge in [-0.25, -0.2) is 0 Å². The second-order valence-corrected chi connectivity index (χ2v) is 4.03. The molecule has 0 aromatic heterocycles. The zero-order valence-electron chi connectivity index (χ0n) is 10.4. The summed E-state index contributed by atoms with van der Waals surface area (Å²) < 4.78 is 0. The lowest BCUT2D eigenvalue weighted by Crippen LogP contribution is -2.27. The first-order valence-corrected chi connectivity index (χ1v) is 5.71. The SMILES string of the molecule is C#Cc1ccc(C(=O)N(C)CCCC)cc1N. The van der Waals surface area contributed by atoms with Crippen molar-refractivity contribution in [3.63, 3.8) is 0 Å². The van der Waals surface area contributed by atoms with Crippen molar-refractivity contribution in [3.05, 3.63) is 29.3 Å². The number of unbranched alkanes of at least 4 members (excludes halogenated alkanes) is 1. The summed E-state index contributed by atoms with van der Waals surface area (Å²) in [5.74, 6) is 2.46. The van der Waals surface area contributed by atoms with Gasteiger partial charge in [0.2, 0.25) is 0 Å². The van der Waals surface area contributed by atoms with E-state index in [1.165, 1.54) is 0 Å². The number of amides is 1. The van der Waals surface area contributed by atoms with Gasteiger partial charge in [-0.05, 0) is 24.6 Å². The second-order valence-electron chi connectivity index (χ2n) is 4.03. The molecule has 0 unspecified atom stereocenters. The third kappa shape index (κ3) is 3.25. The molecule has 3 heteroatoms. The molecule has 90 valence electrons. The van der Waals surface area contributed by atoms with Crippen LogP contribution in [0.5, 0.6) is 0 Å². The molecular weight excluding hydrogens is 212 g/mol. The van der Waals surface area contributed by atoms with Gasteiger partial charge in [-0.3, -0.25) is 4.79 Å². The average Bonchev–Trinajstić information content (AvgIpc) is 2.34. The molecule has 1 rings (SSSR count). The summed E-state index contributed by atoms with van der Waals surface area (Å²) in [5.41, 5.74) is 7.44. The van der Waals surface area contributed by atoms with E-state index < -0.39 is 0 Å². The largest absolute Gasteiger partial charge is 0.398 e. The number of rotatable bonds is 4. The highest BCUT2D eigenvalue weighted by atomic mass is 16.2. The Morgan fingerprint density at radius 3 is 2.76 bits per heavy atom. The van der Waals surface area contributed by atoms with Crippen molar-refractivity contribution in [1.82, 2.24) is 4.90 Å². The van der Waals surface area contributed by atoms with Crippen molar-refractivity contribution in [2.24, 2.45) is 0 Å². The van der Waals surface area contributed by atoms with Gasteiger partial charge in [-0.2, -0.15) is 0 Å². The van der Waals surface area contributed by atoms with Gasteiger partial charge >= 0.3 is 0 Å². The number of anilines is 1. The Bertz CT molecular complexity index is 446. The van der Waals surface area contributed by atoms with Gasteiger partial charge in [0.15, 0.2) is 0 Å². The predicted molar refractivity (Wildman–Crippen MR) is 70.7 cm³/mol. The number of nitrogen functional groups attached to an aromatic ring is 1. The topological polar surface area (TPSA) is 46.3 Å². The second kappa shape index (κ2) is 5.95. The molecule has 0 spiro atoms. The molecule has 3 nitrogen and oxygen atoms in total. The molecule has 0 fully saturated rings. The molecule has 0 aliphatic heterocycles. The number of nitrogens with two attached hydrogens (primary N) is 1. The van der Waals surface area contributed by atoms with E-state index in [2.05, 4.69) is 12.8 Å². The van der Waals surface area contributed by atoms with E-state index in [9.17, 15) is 4.79 Å². The number of carbonyl (C=O) groups is 1. The summed E-state index contributed by atoms with van der Waals surface area (Å²) in [6.07, 6.45) is 7.34. The summed E-state index contributed by atoms with van der Waals surface area (Å²) in [5, 5.41) is 0. The maximum absolute atomic E-state index is 12.0. The molecular formula is C14H18N2O. The van der Waals surface area contributed by atoms with E-state index in [0.29, 0.717) is 16.8 Å². The Morgan fingerprint density at radius 1 is 1.53 bits per heavy atom. The van der Waals surface area contributed by atoms with Gasteiger partial charge in [-0.15, -0.1) is 6.42 Å². The van der Waals surface area contributed by atoms with Crippen LogP contribution in [0.4, 0.5) is 5.69 Å². The highest BCUT2D eigenvalue weighted by Gasteiger charge is 2.11. The van der Waals surface area contributed by atoms with Crippen LogP contribution in [-0.4, -0.2) is 24.4 Å². The molecule has 0 radical (unpaired) electrons. The van der Waals surface area contributed by atoms with Crippen LogP contribution in [0.3, 0.4) is 0 Å². The first-order chi connectivity index (χ1) is 8.10. The highest BCUT2D eigenvalue weighted by Crippen LogP contribution is 2.14. The normalized spacial score (nSPS) is 9.71. The van der Waals surface area contributed by atoms with Crippen LogP contribution >= 0.6 is 0 Å². The van der Waals surface area contributed by atoms with Crippen molar-refractivity contribution in [3.8, 4) is 12.3 Å². The average molecular weight is 230 g/mol. The molecule has 1 aromatic carbocycles. The maximum Gasteiger partial charge on any atom is 0.253 e. The number of hydrogen-bond acceptors (Lipinski definition) is 2. The van der Waals surface area contributed by atoms with Gasteiger partial charge in [0, 0.05) is 30.4 Å². The van der Waals surface area contributed by atoms with Gasteiger partial charge in [0.05, 0.1) is 0 Å². The molecule has 1 aromatic rings. The van der Waals surface area contributed by atoms with Crippen LogP contribution in [0.2, 0.25) is 0 Å². The Balaban J connectivity index is 2.83. The number of hydrogen-bond donors (Lipinski definition) is 1. The minimum Gasteiger partial charge on any atom is -0.398 e. The van der Waals surface area contributed by atoms with Crippen LogP contribution in [0.1, 0.15) is 35.7 Å². The van der Waals surface area contributed by atoms with Crippen molar-refractivity contribution >= 4 is 11.6 Å². The van der Waals surface area contributed by atoms with E-state index >= 15 is 0 Å². The van der Waals surface area contributed by atoms with E-state index in [4.69, 9.17) is 12.2 Å². The van der Waals surface area contributed by atoms with Gasteiger partial charge < -0.3 is 10.6 Å². The minimum absolute atomic E-state index is 0.0197. The molecule has 0 bridgehead atoms. The molecule has 0 aliphatic rings. The fourth-order valence-corrected chi connectivity index (χ4v) is 1.54. The molecule has 2 N–H and O–H groups in total. The number of terminal acetylenes is 1. The van der Waals surface area contributed by atoms with Crippen LogP contribution in [-0.2, 0) is 0 Å². The Morgan fingerprint density at radius 2 is 2.24 bits per heavy atom. The van der Waals surface area contributed by atoms with Gasteiger partial charge in [0.1, 0.15) is 0 Å². The van der Waals surface area contributed by atoms with Crippen molar-refractivity contribution in [2.45, 2.75) is 19.8 Å². The van der Waals surface area contributed by atoms with E-state index in [-0.39, 0.29) is 5.91 Å². The molecule has 0 saturated carbocycles. The number of carbonyl (C=O) groups excluding carboxylic acids is 1. The first-order valence-electron chi connectivity index (χ1n) is 5.71.